The number of rotatable bonds is 14. The van der Waals surface area contributed by atoms with Crippen LogP contribution in [0.3, 0.4) is 0 Å². The van der Waals surface area contributed by atoms with Gasteiger partial charge < -0.3 is 25.2 Å². The molecule has 0 aliphatic carbocycles. The van der Waals surface area contributed by atoms with E-state index in [0.717, 1.165) is 37.7 Å². The van der Waals surface area contributed by atoms with Gasteiger partial charge in [0.15, 0.2) is 0 Å². The molecule has 0 unspecified atom stereocenters. The summed E-state index contributed by atoms with van der Waals surface area (Å²) in [5.41, 5.74) is 0.787. The van der Waals surface area contributed by atoms with Crippen LogP contribution in [0.1, 0.15) is 51.0 Å². The highest BCUT2D eigenvalue weighted by molar-refractivity contribution is 5.90. The minimum atomic E-state index is -1.27. The van der Waals surface area contributed by atoms with Crippen LogP contribution < -0.4 is 10.6 Å². The van der Waals surface area contributed by atoms with Gasteiger partial charge in [0.05, 0.1) is 13.2 Å². The molecule has 31 heavy (non-hydrogen) atoms. The summed E-state index contributed by atoms with van der Waals surface area (Å²) >= 11 is 0. The lowest BCUT2D eigenvalue weighted by Crippen LogP contribution is -2.55. The molecule has 1 aromatic carbocycles. The summed E-state index contributed by atoms with van der Waals surface area (Å²) in [7, 11) is 1.25. The molecule has 172 valence electrons. The zero-order valence-electron chi connectivity index (χ0n) is 18.3. The Morgan fingerprint density at radius 3 is 2.39 bits per heavy atom. The first-order valence-corrected chi connectivity index (χ1v) is 10.5. The maximum Gasteiger partial charge on any atom is 0.408 e. The molecule has 0 saturated carbocycles. The standard InChI is InChI=1S/C23H34N2O6/c1-4-5-6-7-8-12-15-19(22(28)30-3)24-21(27)20(17(2)26)25-23(29)31-16-18-13-10-9-11-14-18/h4,9-11,13-14,17,19-20,26H,1,5-8,12,15-16H2,2-3H3,(H,24,27)(H,25,29)/t17-,19+,20+/m1/s1. The molecule has 3 atom stereocenters. The molecule has 0 bridgehead atoms. The van der Waals surface area contributed by atoms with Gasteiger partial charge in [-0.1, -0.05) is 55.7 Å². The number of unbranched alkanes of at least 4 members (excludes halogenated alkanes) is 4. The molecule has 0 fully saturated rings. The Balaban J connectivity index is 2.59. The monoisotopic (exact) mass is 434 g/mol. The van der Waals surface area contributed by atoms with E-state index in [2.05, 4.69) is 17.2 Å². The van der Waals surface area contributed by atoms with E-state index in [1.54, 1.807) is 12.1 Å². The second kappa shape index (κ2) is 15.0. The van der Waals surface area contributed by atoms with E-state index in [1.807, 2.05) is 24.3 Å². The van der Waals surface area contributed by atoms with E-state index >= 15 is 0 Å². The molecule has 1 rings (SSSR count). The minimum absolute atomic E-state index is 0.0253. The number of amides is 2. The molecular weight excluding hydrogens is 400 g/mol. The maximum atomic E-state index is 12.6. The van der Waals surface area contributed by atoms with Gasteiger partial charge in [-0.15, -0.1) is 6.58 Å². The first-order chi connectivity index (χ1) is 14.9. The molecule has 8 heteroatoms. The van der Waals surface area contributed by atoms with Gasteiger partial charge in [-0.05, 0) is 31.7 Å². The summed E-state index contributed by atoms with van der Waals surface area (Å²) in [5, 5.41) is 14.9. The summed E-state index contributed by atoms with van der Waals surface area (Å²) in [5.74, 6) is -1.26. The number of nitrogens with one attached hydrogen (secondary N) is 2. The molecule has 0 aliphatic heterocycles. The molecule has 3 N–H and O–H groups in total. The molecule has 0 radical (unpaired) electrons. The zero-order valence-corrected chi connectivity index (χ0v) is 18.3. The molecule has 8 nitrogen and oxygen atoms in total. The van der Waals surface area contributed by atoms with Crippen LogP contribution in [0.5, 0.6) is 0 Å². The van der Waals surface area contributed by atoms with Crippen molar-refractivity contribution in [2.75, 3.05) is 7.11 Å². The molecule has 0 saturated heterocycles. The molecule has 0 aromatic heterocycles. The summed E-state index contributed by atoms with van der Waals surface area (Å²) in [6.07, 6.45) is 4.83. The van der Waals surface area contributed by atoms with E-state index in [1.165, 1.54) is 14.0 Å². The average Bonchev–Trinajstić information content (AvgIpc) is 2.77. The smallest absolute Gasteiger partial charge is 0.408 e. The number of alkyl carbamates (subject to hydrolysis) is 1. The SMILES string of the molecule is C=CCCCCCC[C@H](NC(=O)[C@@H](NC(=O)OCc1ccccc1)[C@@H](C)O)C(=O)OC. The van der Waals surface area contributed by atoms with Crippen molar-refractivity contribution in [2.24, 2.45) is 0 Å². The molecule has 0 heterocycles. The first kappa shape index (κ1) is 26.2. The van der Waals surface area contributed by atoms with Crippen molar-refractivity contribution < 1.29 is 29.0 Å². The molecule has 1 aromatic rings. The third-order valence-corrected chi connectivity index (χ3v) is 4.70. The normalized spacial score (nSPS) is 13.4. The van der Waals surface area contributed by atoms with E-state index in [4.69, 9.17) is 9.47 Å². The predicted octanol–water partition coefficient (Wildman–Crippen LogP) is 2.85. The van der Waals surface area contributed by atoms with E-state index in [0.29, 0.717) is 6.42 Å². The number of benzene rings is 1. The van der Waals surface area contributed by atoms with E-state index in [-0.39, 0.29) is 6.61 Å². The average molecular weight is 435 g/mol. The van der Waals surface area contributed by atoms with Crippen molar-refractivity contribution in [2.45, 2.75) is 70.2 Å². The van der Waals surface area contributed by atoms with Crippen molar-refractivity contribution in [1.82, 2.24) is 10.6 Å². The fraction of sp³-hybridized carbons (Fsp3) is 0.522. The number of carbonyl (C=O) groups is 3. The second-order valence-electron chi connectivity index (χ2n) is 7.29. The first-order valence-electron chi connectivity index (χ1n) is 10.5. The Morgan fingerprint density at radius 2 is 1.77 bits per heavy atom. The van der Waals surface area contributed by atoms with E-state index < -0.39 is 36.2 Å². The predicted molar refractivity (Wildman–Crippen MR) is 117 cm³/mol. The van der Waals surface area contributed by atoms with Crippen molar-refractivity contribution in [3.63, 3.8) is 0 Å². The Hall–Kier alpha value is -2.87. The number of methoxy groups -OCH3 is 1. The lowest BCUT2D eigenvalue weighted by molar-refractivity contribution is -0.145. The van der Waals surface area contributed by atoms with Gasteiger partial charge in [0, 0.05) is 0 Å². The van der Waals surface area contributed by atoms with Crippen LogP contribution in [0.15, 0.2) is 43.0 Å². The van der Waals surface area contributed by atoms with Gasteiger partial charge in [-0.25, -0.2) is 9.59 Å². The lowest BCUT2D eigenvalue weighted by Gasteiger charge is -2.23. The minimum Gasteiger partial charge on any atom is -0.467 e. The second-order valence-corrected chi connectivity index (χ2v) is 7.29. The number of aliphatic hydroxyl groups excluding tert-OH is 1. The maximum absolute atomic E-state index is 12.6. The van der Waals surface area contributed by atoms with Gasteiger partial charge in [0.1, 0.15) is 18.7 Å². The van der Waals surface area contributed by atoms with Crippen molar-refractivity contribution in [3.05, 3.63) is 48.6 Å². The molecule has 0 spiro atoms. The Bertz CT molecular complexity index is 693. The van der Waals surface area contributed by atoms with Crippen LogP contribution >= 0.6 is 0 Å². The number of allylic oxidation sites excluding steroid dienone is 1. The Kier molecular flexibility index (Phi) is 12.7. The fourth-order valence-electron chi connectivity index (χ4n) is 2.94. The topological polar surface area (TPSA) is 114 Å². The Labute approximate surface area is 184 Å². The van der Waals surface area contributed by atoms with Crippen LogP contribution in [0.2, 0.25) is 0 Å². The van der Waals surface area contributed by atoms with Gasteiger partial charge in [-0.3, -0.25) is 4.79 Å². The third kappa shape index (κ3) is 10.6. The Morgan fingerprint density at radius 1 is 1.10 bits per heavy atom. The zero-order chi connectivity index (χ0) is 23.1. The summed E-state index contributed by atoms with van der Waals surface area (Å²) in [6, 6.07) is 6.93. The van der Waals surface area contributed by atoms with Gasteiger partial charge in [0.25, 0.3) is 0 Å². The number of hydrogen-bond donors (Lipinski definition) is 3. The van der Waals surface area contributed by atoms with Crippen molar-refractivity contribution >= 4 is 18.0 Å². The number of esters is 1. The van der Waals surface area contributed by atoms with Crippen LogP contribution in [0, 0.1) is 0 Å². The summed E-state index contributed by atoms with van der Waals surface area (Å²) in [6.45, 7) is 5.08. The van der Waals surface area contributed by atoms with Gasteiger partial charge >= 0.3 is 12.1 Å². The lowest BCUT2D eigenvalue weighted by atomic mass is 10.0. The van der Waals surface area contributed by atoms with Crippen molar-refractivity contribution in [3.8, 4) is 0 Å². The molecule has 0 aliphatic rings. The largest absolute Gasteiger partial charge is 0.467 e. The number of ether oxygens (including phenoxy) is 2. The van der Waals surface area contributed by atoms with Crippen LogP contribution in [-0.4, -0.2) is 48.4 Å². The summed E-state index contributed by atoms with van der Waals surface area (Å²) in [4.78, 5) is 36.8. The number of hydrogen-bond acceptors (Lipinski definition) is 6. The van der Waals surface area contributed by atoms with Crippen LogP contribution in [-0.2, 0) is 25.7 Å². The highest BCUT2D eigenvalue weighted by Gasteiger charge is 2.30. The third-order valence-electron chi connectivity index (χ3n) is 4.70. The van der Waals surface area contributed by atoms with Gasteiger partial charge in [0.2, 0.25) is 5.91 Å². The van der Waals surface area contributed by atoms with E-state index in [9.17, 15) is 19.5 Å². The summed E-state index contributed by atoms with van der Waals surface area (Å²) < 4.78 is 9.88. The molecular formula is C23H34N2O6. The van der Waals surface area contributed by atoms with Crippen LogP contribution in [0.25, 0.3) is 0 Å². The highest BCUT2D eigenvalue weighted by atomic mass is 16.5. The molecule has 2 amide bonds. The van der Waals surface area contributed by atoms with Crippen LogP contribution in [0.4, 0.5) is 4.79 Å². The number of carbonyl (C=O) groups excluding carboxylic acids is 3. The van der Waals surface area contributed by atoms with Gasteiger partial charge in [-0.2, -0.15) is 0 Å². The quantitative estimate of drug-likeness (QED) is 0.236. The fourth-order valence-corrected chi connectivity index (χ4v) is 2.94. The highest BCUT2D eigenvalue weighted by Crippen LogP contribution is 2.10. The number of aliphatic hydroxyl groups is 1. The van der Waals surface area contributed by atoms with Crippen molar-refractivity contribution in [1.29, 1.82) is 0 Å².